The molecule has 0 aromatic carbocycles. The summed E-state index contributed by atoms with van der Waals surface area (Å²) in [6.45, 7) is 4.86. The van der Waals surface area contributed by atoms with E-state index in [2.05, 4.69) is 5.32 Å². The fourth-order valence-electron chi connectivity index (χ4n) is 1.69. The predicted octanol–water partition coefficient (Wildman–Crippen LogP) is 0.808. The molecule has 0 spiro atoms. The molecule has 0 aliphatic carbocycles. The van der Waals surface area contributed by atoms with Crippen molar-refractivity contribution >= 4 is 0 Å². The summed E-state index contributed by atoms with van der Waals surface area (Å²) in [6, 6.07) is 0.610. The van der Waals surface area contributed by atoms with Crippen molar-refractivity contribution in [1.29, 1.82) is 0 Å². The zero-order valence-corrected chi connectivity index (χ0v) is 9.67. The van der Waals surface area contributed by atoms with Crippen LogP contribution in [0.15, 0.2) is 0 Å². The van der Waals surface area contributed by atoms with Crippen molar-refractivity contribution in [2.45, 2.75) is 25.3 Å². The maximum atomic E-state index is 5.40. The van der Waals surface area contributed by atoms with E-state index in [1.807, 2.05) is 0 Å². The van der Waals surface area contributed by atoms with Gasteiger partial charge in [0.05, 0.1) is 19.8 Å². The molecule has 1 fully saturated rings. The molecule has 15 heavy (non-hydrogen) atoms. The first-order valence-corrected chi connectivity index (χ1v) is 5.81. The summed E-state index contributed by atoms with van der Waals surface area (Å²) >= 11 is 0. The normalized spacial score (nSPS) is 22.6. The molecule has 90 valence electrons. The number of hydrogen-bond acceptors (Lipinski definition) is 4. The third-order valence-corrected chi connectivity index (χ3v) is 2.56. The highest BCUT2D eigenvalue weighted by Crippen LogP contribution is 2.07. The minimum atomic E-state index is 0.610. The summed E-state index contributed by atoms with van der Waals surface area (Å²) in [5.74, 6) is 0. The summed E-state index contributed by atoms with van der Waals surface area (Å²) in [4.78, 5) is 0. The molecule has 0 aromatic heterocycles. The lowest BCUT2D eigenvalue weighted by Gasteiger charge is -2.15. The number of methoxy groups -OCH3 is 1. The average Bonchev–Trinajstić information content (AvgIpc) is 2.52. The van der Waals surface area contributed by atoms with Crippen LogP contribution in [0.4, 0.5) is 0 Å². The quantitative estimate of drug-likeness (QED) is 0.641. The Labute approximate surface area is 92.3 Å². The number of hydrogen-bond donors (Lipinski definition) is 1. The highest BCUT2D eigenvalue weighted by Gasteiger charge is 2.10. The van der Waals surface area contributed by atoms with E-state index in [4.69, 9.17) is 14.2 Å². The van der Waals surface area contributed by atoms with Gasteiger partial charge in [-0.25, -0.2) is 0 Å². The van der Waals surface area contributed by atoms with Gasteiger partial charge in [-0.2, -0.15) is 0 Å². The third-order valence-electron chi connectivity index (χ3n) is 2.56. The molecular weight excluding hydrogens is 194 g/mol. The molecule has 1 rings (SSSR count). The van der Waals surface area contributed by atoms with Gasteiger partial charge in [-0.1, -0.05) is 0 Å². The molecule has 1 unspecified atom stereocenters. The molecule has 0 radical (unpaired) electrons. The summed E-state index contributed by atoms with van der Waals surface area (Å²) in [7, 11) is 1.69. The second-order valence-corrected chi connectivity index (χ2v) is 3.80. The van der Waals surface area contributed by atoms with Crippen LogP contribution >= 0.6 is 0 Å². The topological polar surface area (TPSA) is 39.7 Å². The van der Waals surface area contributed by atoms with E-state index in [9.17, 15) is 0 Å². The summed E-state index contributed by atoms with van der Waals surface area (Å²) in [6.07, 6.45) is 3.51. The Balaban J connectivity index is 1.89. The van der Waals surface area contributed by atoms with E-state index in [0.717, 1.165) is 32.8 Å². The predicted molar refractivity (Wildman–Crippen MR) is 59.2 cm³/mol. The van der Waals surface area contributed by atoms with Crippen LogP contribution in [0.3, 0.4) is 0 Å². The van der Waals surface area contributed by atoms with Crippen LogP contribution in [0.1, 0.15) is 19.3 Å². The monoisotopic (exact) mass is 217 g/mol. The number of rotatable bonds is 7. The smallest absolute Gasteiger partial charge is 0.0700 e. The fraction of sp³-hybridized carbons (Fsp3) is 1.00. The number of ether oxygens (including phenoxy) is 3. The maximum Gasteiger partial charge on any atom is 0.0700 e. The Bertz CT molecular complexity index is 136. The SMILES string of the molecule is COCCOCCNC1CCCOCC1. The van der Waals surface area contributed by atoms with Crippen molar-refractivity contribution in [2.75, 3.05) is 46.7 Å². The van der Waals surface area contributed by atoms with Crippen LogP contribution in [0.5, 0.6) is 0 Å². The van der Waals surface area contributed by atoms with E-state index in [1.165, 1.54) is 12.8 Å². The molecule has 1 N–H and O–H groups in total. The molecule has 4 nitrogen and oxygen atoms in total. The highest BCUT2D eigenvalue weighted by atomic mass is 16.5. The Morgan fingerprint density at radius 2 is 2.13 bits per heavy atom. The summed E-state index contributed by atoms with van der Waals surface area (Å²) < 4.78 is 15.7. The van der Waals surface area contributed by atoms with Crippen LogP contribution in [0.25, 0.3) is 0 Å². The maximum absolute atomic E-state index is 5.40. The van der Waals surface area contributed by atoms with Crippen LogP contribution < -0.4 is 5.32 Å². The van der Waals surface area contributed by atoms with Crippen molar-refractivity contribution in [3.8, 4) is 0 Å². The minimum absolute atomic E-state index is 0.610. The lowest BCUT2D eigenvalue weighted by Crippen LogP contribution is -2.32. The van der Waals surface area contributed by atoms with Gasteiger partial charge in [-0.3, -0.25) is 0 Å². The minimum Gasteiger partial charge on any atom is -0.382 e. The van der Waals surface area contributed by atoms with Gasteiger partial charge in [0.1, 0.15) is 0 Å². The van der Waals surface area contributed by atoms with Gasteiger partial charge < -0.3 is 19.5 Å². The van der Waals surface area contributed by atoms with Gasteiger partial charge in [0.15, 0.2) is 0 Å². The Morgan fingerprint density at radius 3 is 3.00 bits per heavy atom. The molecule has 0 saturated carbocycles. The van der Waals surface area contributed by atoms with Gasteiger partial charge >= 0.3 is 0 Å². The number of nitrogens with one attached hydrogen (secondary N) is 1. The molecule has 0 amide bonds. The Morgan fingerprint density at radius 1 is 1.20 bits per heavy atom. The first kappa shape index (κ1) is 12.9. The van der Waals surface area contributed by atoms with Gasteiger partial charge in [-0.15, -0.1) is 0 Å². The zero-order chi connectivity index (χ0) is 10.8. The van der Waals surface area contributed by atoms with E-state index in [0.29, 0.717) is 19.3 Å². The van der Waals surface area contributed by atoms with E-state index in [-0.39, 0.29) is 0 Å². The molecule has 1 aliphatic heterocycles. The second-order valence-electron chi connectivity index (χ2n) is 3.80. The fourth-order valence-corrected chi connectivity index (χ4v) is 1.69. The van der Waals surface area contributed by atoms with E-state index in [1.54, 1.807) is 7.11 Å². The molecule has 1 atom stereocenters. The van der Waals surface area contributed by atoms with Crippen molar-refractivity contribution in [3.63, 3.8) is 0 Å². The van der Waals surface area contributed by atoms with Crippen molar-refractivity contribution in [2.24, 2.45) is 0 Å². The molecule has 0 bridgehead atoms. The highest BCUT2D eigenvalue weighted by molar-refractivity contribution is 4.68. The van der Waals surface area contributed by atoms with Gasteiger partial charge in [0.2, 0.25) is 0 Å². The largest absolute Gasteiger partial charge is 0.382 e. The standard InChI is InChI=1S/C11H23NO3/c1-13-9-10-15-8-5-12-11-3-2-6-14-7-4-11/h11-12H,2-10H2,1H3. The van der Waals surface area contributed by atoms with Crippen molar-refractivity contribution < 1.29 is 14.2 Å². The second kappa shape index (κ2) is 9.09. The van der Waals surface area contributed by atoms with E-state index >= 15 is 0 Å². The van der Waals surface area contributed by atoms with Crippen molar-refractivity contribution in [1.82, 2.24) is 5.32 Å². The van der Waals surface area contributed by atoms with Gasteiger partial charge in [-0.05, 0) is 19.3 Å². The molecule has 1 saturated heterocycles. The van der Waals surface area contributed by atoms with E-state index < -0.39 is 0 Å². The van der Waals surface area contributed by atoms with Crippen molar-refractivity contribution in [3.05, 3.63) is 0 Å². The molecule has 0 aromatic rings. The molecule has 1 heterocycles. The molecular formula is C11H23NO3. The lowest BCUT2D eigenvalue weighted by atomic mass is 10.1. The van der Waals surface area contributed by atoms with Gasteiger partial charge in [0, 0.05) is 32.9 Å². The summed E-state index contributed by atoms with van der Waals surface area (Å²) in [5.41, 5.74) is 0. The van der Waals surface area contributed by atoms with Gasteiger partial charge in [0.25, 0.3) is 0 Å². The van der Waals surface area contributed by atoms with Crippen LogP contribution in [-0.4, -0.2) is 52.7 Å². The Kier molecular flexibility index (Phi) is 7.83. The Hall–Kier alpha value is -0.160. The summed E-state index contributed by atoms with van der Waals surface area (Å²) in [5, 5.41) is 3.49. The average molecular weight is 217 g/mol. The first-order valence-electron chi connectivity index (χ1n) is 5.81. The van der Waals surface area contributed by atoms with Crippen LogP contribution in [-0.2, 0) is 14.2 Å². The third kappa shape index (κ3) is 6.84. The first-order chi connectivity index (χ1) is 7.43. The molecule has 1 aliphatic rings. The lowest BCUT2D eigenvalue weighted by molar-refractivity contribution is 0.0707. The molecule has 4 heteroatoms. The zero-order valence-electron chi connectivity index (χ0n) is 9.67. The van der Waals surface area contributed by atoms with Crippen LogP contribution in [0.2, 0.25) is 0 Å². The van der Waals surface area contributed by atoms with Crippen LogP contribution in [0, 0.1) is 0 Å².